The lowest BCUT2D eigenvalue weighted by atomic mass is 9.98. The minimum atomic E-state index is -0.368. The van der Waals surface area contributed by atoms with Gasteiger partial charge in [0.25, 0.3) is 5.91 Å². The number of rotatable bonds is 6. The Morgan fingerprint density at radius 1 is 0.774 bits per heavy atom. The van der Waals surface area contributed by atoms with Gasteiger partial charge in [0.15, 0.2) is 0 Å². The van der Waals surface area contributed by atoms with Crippen LogP contribution in [-0.4, -0.2) is 35.8 Å². The van der Waals surface area contributed by atoms with Gasteiger partial charge in [-0.3, -0.25) is 14.5 Å². The molecule has 5 nitrogen and oxygen atoms in total. The number of anilines is 1. The Morgan fingerprint density at radius 2 is 1.32 bits per heavy atom. The summed E-state index contributed by atoms with van der Waals surface area (Å²) in [6.45, 7) is 1.48. The average Bonchev–Trinajstić information content (AvgIpc) is 2.82. The van der Waals surface area contributed by atoms with E-state index in [4.69, 9.17) is 0 Å². The zero-order valence-electron chi connectivity index (χ0n) is 17.4. The van der Waals surface area contributed by atoms with Gasteiger partial charge in [0.1, 0.15) is 6.04 Å². The molecule has 0 saturated carbocycles. The second kappa shape index (κ2) is 10.0. The zero-order chi connectivity index (χ0) is 21.5. The summed E-state index contributed by atoms with van der Waals surface area (Å²) in [5.41, 5.74) is 2.44. The molecule has 1 fully saturated rings. The average molecular weight is 414 g/mol. The van der Waals surface area contributed by atoms with Gasteiger partial charge in [0.2, 0.25) is 5.91 Å². The number of hydrogen-bond acceptors (Lipinski definition) is 3. The number of para-hydroxylation sites is 1. The van der Waals surface area contributed by atoms with Crippen LogP contribution in [0.1, 0.15) is 34.8 Å². The van der Waals surface area contributed by atoms with Crippen LogP contribution in [0, 0.1) is 0 Å². The standard InChI is InChI=1S/C26H27N3O2/c30-25(21-12-6-2-7-13-21)27-23-16-18-29(19-17-23)24(20-10-4-1-5-11-20)26(31)28-22-14-8-3-9-15-22/h1-15,23-24H,16-19H2,(H,27,30)(H,28,31). The molecule has 1 aliphatic rings. The van der Waals surface area contributed by atoms with Gasteiger partial charge in [-0.15, -0.1) is 0 Å². The van der Waals surface area contributed by atoms with Crippen LogP contribution in [0.4, 0.5) is 5.69 Å². The van der Waals surface area contributed by atoms with Crippen molar-refractivity contribution in [3.05, 3.63) is 102 Å². The Hall–Kier alpha value is -3.44. The smallest absolute Gasteiger partial charge is 0.251 e. The quantitative estimate of drug-likeness (QED) is 0.635. The van der Waals surface area contributed by atoms with Crippen molar-refractivity contribution in [3.8, 4) is 0 Å². The first kappa shape index (κ1) is 20.8. The molecule has 158 valence electrons. The lowest BCUT2D eigenvalue weighted by molar-refractivity contribution is -0.122. The third-order valence-corrected chi connectivity index (χ3v) is 5.67. The van der Waals surface area contributed by atoms with Gasteiger partial charge in [-0.25, -0.2) is 0 Å². The number of nitrogens with zero attached hydrogens (tertiary/aromatic N) is 1. The van der Waals surface area contributed by atoms with Crippen LogP contribution in [0.5, 0.6) is 0 Å². The summed E-state index contributed by atoms with van der Waals surface area (Å²) in [5.74, 6) is -0.0790. The Morgan fingerprint density at radius 3 is 1.94 bits per heavy atom. The molecular weight excluding hydrogens is 386 g/mol. The van der Waals surface area contributed by atoms with Crippen LogP contribution in [0.3, 0.4) is 0 Å². The molecule has 2 amide bonds. The van der Waals surface area contributed by atoms with Crippen LogP contribution in [0.2, 0.25) is 0 Å². The fraction of sp³-hybridized carbons (Fsp3) is 0.231. The molecule has 3 aromatic carbocycles. The predicted octanol–water partition coefficient (Wildman–Crippen LogP) is 4.26. The van der Waals surface area contributed by atoms with Gasteiger partial charge < -0.3 is 10.6 Å². The number of nitrogens with one attached hydrogen (secondary N) is 2. The van der Waals surface area contributed by atoms with Gasteiger partial charge >= 0.3 is 0 Å². The molecule has 0 aromatic heterocycles. The van der Waals surface area contributed by atoms with Gasteiger partial charge in [-0.1, -0.05) is 66.7 Å². The highest BCUT2D eigenvalue weighted by Gasteiger charge is 2.31. The van der Waals surface area contributed by atoms with Crippen LogP contribution < -0.4 is 10.6 Å². The SMILES string of the molecule is O=C(NC1CCN(C(C(=O)Nc2ccccc2)c2ccccc2)CC1)c1ccccc1. The molecule has 5 heteroatoms. The summed E-state index contributed by atoms with van der Waals surface area (Å²) in [6.07, 6.45) is 1.61. The van der Waals surface area contributed by atoms with Crippen molar-refractivity contribution < 1.29 is 9.59 Å². The highest BCUT2D eigenvalue weighted by molar-refractivity contribution is 5.95. The topological polar surface area (TPSA) is 61.4 Å². The molecule has 3 aromatic rings. The monoisotopic (exact) mass is 413 g/mol. The summed E-state index contributed by atoms with van der Waals surface area (Å²) in [4.78, 5) is 27.9. The Balaban J connectivity index is 1.42. The molecule has 4 rings (SSSR count). The second-order valence-corrected chi connectivity index (χ2v) is 7.82. The maximum Gasteiger partial charge on any atom is 0.251 e. The largest absolute Gasteiger partial charge is 0.349 e. The van der Waals surface area contributed by atoms with E-state index in [1.807, 2.05) is 91.0 Å². The summed E-state index contributed by atoms with van der Waals surface area (Å²) >= 11 is 0. The van der Waals surface area contributed by atoms with Crippen molar-refractivity contribution in [2.75, 3.05) is 18.4 Å². The molecule has 1 aliphatic heterocycles. The molecule has 1 unspecified atom stereocenters. The van der Waals surface area contributed by atoms with E-state index in [0.717, 1.165) is 37.2 Å². The molecule has 1 saturated heterocycles. The Labute approximate surface area is 183 Å². The number of benzene rings is 3. The van der Waals surface area contributed by atoms with E-state index in [2.05, 4.69) is 15.5 Å². The lowest BCUT2D eigenvalue weighted by Crippen LogP contribution is -2.48. The van der Waals surface area contributed by atoms with Crippen molar-refractivity contribution in [2.45, 2.75) is 24.9 Å². The van der Waals surface area contributed by atoms with E-state index in [0.29, 0.717) is 5.56 Å². The number of carbonyl (C=O) groups is 2. The number of amides is 2. The summed E-state index contributed by atoms with van der Waals surface area (Å²) in [5, 5.41) is 6.19. The van der Waals surface area contributed by atoms with Crippen molar-refractivity contribution in [1.29, 1.82) is 0 Å². The minimum Gasteiger partial charge on any atom is -0.349 e. The van der Waals surface area contributed by atoms with Crippen LogP contribution in [0.25, 0.3) is 0 Å². The van der Waals surface area contributed by atoms with E-state index < -0.39 is 0 Å². The van der Waals surface area contributed by atoms with Gasteiger partial charge in [-0.2, -0.15) is 0 Å². The first-order valence-corrected chi connectivity index (χ1v) is 10.7. The highest BCUT2D eigenvalue weighted by Crippen LogP contribution is 2.26. The maximum absolute atomic E-state index is 13.2. The maximum atomic E-state index is 13.2. The van der Waals surface area contributed by atoms with Gasteiger partial charge in [0.05, 0.1) is 0 Å². The van der Waals surface area contributed by atoms with E-state index in [9.17, 15) is 9.59 Å². The number of likely N-dealkylation sites (tertiary alicyclic amines) is 1. The normalized spacial score (nSPS) is 15.7. The van der Waals surface area contributed by atoms with Crippen molar-refractivity contribution in [1.82, 2.24) is 10.2 Å². The number of piperidine rings is 1. The van der Waals surface area contributed by atoms with Crippen LogP contribution >= 0.6 is 0 Å². The molecule has 0 spiro atoms. The molecule has 1 atom stereocenters. The lowest BCUT2D eigenvalue weighted by Gasteiger charge is -2.37. The van der Waals surface area contributed by atoms with Gasteiger partial charge in [-0.05, 0) is 42.7 Å². The minimum absolute atomic E-state index is 0.0378. The van der Waals surface area contributed by atoms with E-state index >= 15 is 0 Å². The van der Waals surface area contributed by atoms with Crippen molar-refractivity contribution in [2.24, 2.45) is 0 Å². The fourth-order valence-corrected chi connectivity index (χ4v) is 4.06. The zero-order valence-corrected chi connectivity index (χ0v) is 17.4. The van der Waals surface area contributed by atoms with Crippen LogP contribution in [0.15, 0.2) is 91.0 Å². The Bertz CT molecular complexity index is 985. The summed E-state index contributed by atoms with van der Waals surface area (Å²) in [6, 6.07) is 28.4. The molecule has 2 N–H and O–H groups in total. The van der Waals surface area contributed by atoms with Gasteiger partial charge in [0, 0.05) is 30.4 Å². The summed E-state index contributed by atoms with van der Waals surface area (Å²) in [7, 11) is 0. The molecule has 0 bridgehead atoms. The van der Waals surface area contributed by atoms with Crippen molar-refractivity contribution >= 4 is 17.5 Å². The first-order valence-electron chi connectivity index (χ1n) is 10.7. The molecule has 31 heavy (non-hydrogen) atoms. The van der Waals surface area contributed by atoms with E-state index in [-0.39, 0.29) is 23.9 Å². The first-order chi connectivity index (χ1) is 15.2. The van der Waals surface area contributed by atoms with E-state index in [1.165, 1.54) is 0 Å². The second-order valence-electron chi connectivity index (χ2n) is 7.82. The molecule has 0 radical (unpaired) electrons. The number of carbonyl (C=O) groups excluding carboxylic acids is 2. The highest BCUT2D eigenvalue weighted by atomic mass is 16.2. The molecule has 0 aliphatic carbocycles. The fourth-order valence-electron chi connectivity index (χ4n) is 4.06. The Kier molecular flexibility index (Phi) is 6.75. The third-order valence-electron chi connectivity index (χ3n) is 5.67. The molecule has 1 heterocycles. The molecular formula is C26H27N3O2. The van der Waals surface area contributed by atoms with Crippen molar-refractivity contribution in [3.63, 3.8) is 0 Å². The summed E-state index contributed by atoms with van der Waals surface area (Å²) < 4.78 is 0. The van der Waals surface area contributed by atoms with Crippen LogP contribution in [-0.2, 0) is 4.79 Å². The number of hydrogen-bond donors (Lipinski definition) is 2. The third kappa shape index (κ3) is 5.38. The predicted molar refractivity (Wildman–Crippen MR) is 123 cm³/mol. The van der Waals surface area contributed by atoms with E-state index in [1.54, 1.807) is 0 Å².